The highest BCUT2D eigenvalue weighted by Gasteiger charge is 2.47. The number of ether oxygens (including phenoxy) is 1. The third-order valence-corrected chi connectivity index (χ3v) is 7.91. The second kappa shape index (κ2) is 9.10. The van der Waals surface area contributed by atoms with Crippen LogP contribution < -0.4 is 0 Å². The van der Waals surface area contributed by atoms with Crippen LogP contribution >= 0.6 is 15.9 Å². The van der Waals surface area contributed by atoms with Crippen molar-refractivity contribution >= 4 is 30.5 Å². The molecule has 0 bridgehead atoms. The summed E-state index contributed by atoms with van der Waals surface area (Å²) in [4.78, 5) is 11.7. The number of esters is 1. The molecule has 0 aliphatic heterocycles. The molecule has 0 spiro atoms. The summed E-state index contributed by atoms with van der Waals surface area (Å²) in [7, 11) is -2.46. The summed E-state index contributed by atoms with van der Waals surface area (Å²) in [6.45, 7) is 12.9. The summed E-state index contributed by atoms with van der Waals surface area (Å²) in [5.74, 6) is -0.317. The molecule has 0 rings (SSSR count). The van der Waals surface area contributed by atoms with Gasteiger partial charge in [-0.3, -0.25) is 0 Å². The Hall–Kier alpha value is 0.0869. The fraction of sp³-hybridized carbons (Fsp3) is 0.923. The molecule has 0 radical (unpaired) electrons. The zero-order chi connectivity index (χ0) is 15.1. The first kappa shape index (κ1) is 19.1. The summed E-state index contributed by atoms with van der Waals surface area (Å²) in [5, 5.41) is 0.762. The van der Waals surface area contributed by atoms with E-state index in [1.54, 1.807) is 13.8 Å². The van der Waals surface area contributed by atoms with Crippen molar-refractivity contribution in [2.24, 2.45) is 0 Å². The number of carbonyl (C=O) groups excluding carboxylic acids is 1. The second-order valence-corrected chi connectivity index (χ2v) is 10.1. The van der Waals surface area contributed by atoms with E-state index in [2.05, 4.69) is 43.6 Å². The number of carbonyl (C=O) groups is 1. The van der Waals surface area contributed by atoms with E-state index in [1.807, 2.05) is 0 Å². The van der Waals surface area contributed by atoms with Crippen LogP contribution in [0.2, 0.25) is 11.1 Å². The van der Waals surface area contributed by atoms with E-state index in [0.717, 1.165) is 5.33 Å². The van der Waals surface area contributed by atoms with Crippen molar-refractivity contribution in [1.82, 2.24) is 0 Å². The maximum atomic E-state index is 11.7. The van der Waals surface area contributed by atoms with Crippen LogP contribution in [0.15, 0.2) is 0 Å². The fourth-order valence-electron chi connectivity index (χ4n) is 2.09. The van der Waals surface area contributed by atoms with Gasteiger partial charge < -0.3 is 13.6 Å². The Morgan fingerprint density at radius 1 is 1.16 bits per heavy atom. The first-order chi connectivity index (χ1) is 8.81. The van der Waals surface area contributed by atoms with Gasteiger partial charge in [-0.15, -0.1) is 0 Å². The van der Waals surface area contributed by atoms with Gasteiger partial charge in [0.1, 0.15) is 6.10 Å². The molecule has 0 aromatic heterocycles. The number of alkyl halides is 1. The molecule has 0 amide bonds. The van der Waals surface area contributed by atoms with Gasteiger partial charge in [0.2, 0.25) is 0 Å². The maximum absolute atomic E-state index is 11.7. The van der Waals surface area contributed by atoms with E-state index in [0.29, 0.717) is 13.2 Å². The van der Waals surface area contributed by atoms with Crippen LogP contribution in [-0.4, -0.2) is 39.2 Å². The average Bonchev–Trinajstić information content (AvgIpc) is 2.33. The lowest BCUT2D eigenvalue weighted by molar-refractivity contribution is -0.152. The minimum absolute atomic E-state index is 0.267. The Bertz CT molecular complexity index is 263. The van der Waals surface area contributed by atoms with Crippen molar-refractivity contribution in [3.63, 3.8) is 0 Å². The van der Waals surface area contributed by atoms with Crippen molar-refractivity contribution < 1.29 is 18.4 Å². The zero-order valence-electron chi connectivity index (χ0n) is 12.9. The number of halogens is 1. The van der Waals surface area contributed by atoms with Gasteiger partial charge in [0.05, 0.1) is 6.61 Å². The van der Waals surface area contributed by atoms with Crippen LogP contribution in [0.25, 0.3) is 0 Å². The summed E-state index contributed by atoms with van der Waals surface area (Å²) in [6.07, 6.45) is -0.577. The van der Waals surface area contributed by atoms with E-state index in [-0.39, 0.29) is 17.1 Å². The summed E-state index contributed by atoms with van der Waals surface area (Å²) < 4.78 is 17.2. The first-order valence-electron chi connectivity index (χ1n) is 6.86. The van der Waals surface area contributed by atoms with E-state index in [4.69, 9.17) is 13.6 Å². The van der Waals surface area contributed by atoms with Crippen molar-refractivity contribution in [2.75, 3.05) is 18.5 Å². The lowest BCUT2D eigenvalue weighted by atomic mass is 10.4. The molecule has 0 saturated carbocycles. The summed E-state index contributed by atoms with van der Waals surface area (Å²) in [6, 6.07) is 0. The quantitative estimate of drug-likeness (QED) is 0.360. The van der Waals surface area contributed by atoms with Gasteiger partial charge in [-0.05, 0) is 24.9 Å². The average molecular weight is 355 g/mol. The Morgan fingerprint density at radius 2 is 1.68 bits per heavy atom. The van der Waals surface area contributed by atoms with Crippen LogP contribution in [0.5, 0.6) is 0 Å². The van der Waals surface area contributed by atoms with Gasteiger partial charge in [0, 0.05) is 11.9 Å². The molecular weight excluding hydrogens is 328 g/mol. The molecule has 4 nitrogen and oxygen atoms in total. The fourth-order valence-corrected chi connectivity index (χ4v) is 6.23. The molecule has 19 heavy (non-hydrogen) atoms. The molecule has 0 aliphatic carbocycles. The first-order valence-corrected chi connectivity index (χ1v) is 9.95. The van der Waals surface area contributed by atoms with Gasteiger partial charge in [0.25, 0.3) is 0 Å². The third kappa shape index (κ3) is 5.53. The van der Waals surface area contributed by atoms with Gasteiger partial charge in [0.15, 0.2) is 0 Å². The highest BCUT2D eigenvalue weighted by atomic mass is 79.9. The SMILES string of the molecule is CCOC(=O)[C@H](C)O[Si](OCCBr)(C(C)C)C(C)C. The summed E-state index contributed by atoms with van der Waals surface area (Å²) >= 11 is 3.37. The van der Waals surface area contributed by atoms with E-state index in [9.17, 15) is 4.79 Å². The van der Waals surface area contributed by atoms with Crippen LogP contribution in [0.3, 0.4) is 0 Å². The highest BCUT2D eigenvalue weighted by Crippen LogP contribution is 2.35. The van der Waals surface area contributed by atoms with Crippen molar-refractivity contribution in [2.45, 2.75) is 58.7 Å². The second-order valence-electron chi connectivity index (χ2n) is 5.08. The highest BCUT2D eigenvalue weighted by molar-refractivity contribution is 9.09. The van der Waals surface area contributed by atoms with E-state index < -0.39 is 14.7 Å². The lowest BCUT2D eigenvalue weighted by Crippen LogP contribution is -2.52. The molecule has 0 unspecified atom stereocenters. The van der Waals surface area contributed by atoms with E-state index >= 15 is 0 Å². The molecular formula is C13H27BrO4Si. The Labute approximate surface area is 126 Å². The molecule has 0 saturated heterocycles. The molecule has 0 heterocycles. The minimum Gasteiger partial charge on any atom is -0.464 e. The topological polar surface area (TPSA) is 44.8 Å². The predicted octanol–water partition coefficient (Wildman–Crippen LogP) is 3.63. The smallest absolute Gasteiger partial charge is 0.344 e. The monoisotopic (exact) mass is 354 g/mol. The van der Waals surface area contributed by atoms with Crippen LogP contribution in [0.1, 0.15) is 41.5 Å². The van der Waals surface area contributed by atoms with Gasteiger partial charge >= 0.3 is 14.5 Å². The normalized spacial score (nSPS) is 13.9. The van der Waals surface area contributed by atoms with Crippen molar-refractivity contribution in [3.05, 3.63) is 0 Å². The Morgan fingerprint density at radius 3 is 2.05 bits per heavy atom. The van der Waals surface area contributed by atoms with Gasteiger partial charge in [-0.2, -0.15) is 0 Å². The number of rotatable bonds is 9. The standard InChI is InChI=1S/C13H27BrO4Si/c1-7-16-13(15)12(6)18-19(10(2)3,11(4)5)17-9-8-14/h10-12H,7-9H2,1-6H3/t12-/m0/s1. The molecule has 0 fully saturated rings. The molecule has 0 aliphatic rings. The molecule has 114 valence electrons. The molecule has 0 aromatic rings. The number of hydrogen-bond acceptors (Lipinski definition) is 4. The third-order valence-electron chi connectivity index (χ3n) is 2.99. The Balaban J connectivity index is 4.96. The maximum Gasteiger partial charge on any atom is 0.344 e. The van der Waals surface area contributed by atoms with Crippen molar-refractivity contribution in [3.8, 4) is 0 Å². The molecule has 1 atom stereocenters. The van der Waals surface area contributed by atoms with Gasteiger partial charge in [-0.25, -0.2) is 4.79 Å². The largest absolute Gasteiger partial charge is 0.464 e. The minimum atomic E-state index is -2.46. The molecule has 0 N–H and O–H groups in total. The van der Waals surface area contributed by atoms with Crippen LogP contribution in [-0.2, 0) is 18.4 Å². The molecule has 0 aromatic carbocycles. The van der Waals surface area contributed by atoms with Crippen molar-refractivity contribution in [1.29, 1.82) is 0 Å². The zero-order valence-corrected chi connectivity index (χ0v) is 15.5. The number of hydrogen-bond donors (Lipinski definition) is 0. The summed E-state index contributed by atoms with van der Waals surface area (Å²) in [5.41, 5.74) is 0.534. The lowest BCUT2D eigenvalue weighted by Gasteiger charge is -2.38. The molecule has 6 heteroatoms. The Kier molecular flexibility index (Phi) is 9.14. The van der Waals surface area contributed by atoms with Crippen LogP contribution in [0.4, 0.5) is 0 Å². The predicted molar refractivity (Wildman–Crippen MR) is 82.9 cm³/mol. The van der Waals surface area contributed by atoms with E-state index in [1.165, 1.54) is 0 Å². The van der Waals surface area contributed by atoms with Gasteiger partial charge in [-0.1, -0.05) is 43.6 Å². The van der Waals surface area contributed by atoms with Crippen LogP contribution in [0, 0.1) is 0 Å².